The Morgan fingerprint density at radius 1 is 1.40 bits per heavy atom. The zero-order valence-electron chi connectivity index (χ0n) is 11.7. The molecule has 0 spiro atoms. The molecular weight excluding hydrogens is 258 g/mol. The van der Waals surface area contributed by atoms with Gasteiger partial charge in [-0.25, -0.2) is 0 Å². The van der Waals surface area contributed by atoms with Gasteiger partial charge in [0.15, 0.2) is 0 Å². The molecule has 1 aromatic rings. The van der Waals surface area contributed by atoms with Crippen LogP contribution in [-0.4, -0.2) is 24.1 Å². The van der Waals surface area contributed by atoms with Crippen molar-refractivity contribution in [2.45, 2.75) is 32.6 Å². The number of hydrogen-bond acceptors (Lipinski definition) is 3. The van der Waals surface area contributed by atoms with Crippen molar-refractivity contribution in [2.24, 2.45) is 5.41 Å². The van der Waals surface area contributed by atoms with Crippen LogP contribution in [0, 0.1) is 12.3 Å². The van der Waals surface area contributed by atoms with Crippen molar-refractivity contribution < 1.29 is 19.4 Å². The number of carbonyl (C=O) groups is 2. The van der Waals surface area contributed by atoms with Crippen LogP contribution in [0.1, 0.15) is 31.2 Å². The molecule has 1 aliphatic rings. The number of carbonyl (C=O) groups excluding carboxylic acids is 1. The molecule has 0 radical (unpaired) electrons. The van der Waals surface area contributed by atoms with Crippen LogP contribution in [0.4, 0.5) is 5.69 Å². The van der Waals surface area contributed by atoms with Gasteiger partial charge < -0.3 is 15.2 Å². The number of hydrogen-bond donors (Lipinski definition) is 2. The lowest BCUT2D eigenvalue weighted by Gasteiger charge is -2.36. The Labute approximate surface area is 117 Å². The second kappa shape index (κ2) is 5.53. The molecule has 1 fully saturated rings. The first-order valence-corrected chi connectivity index (χ1v) is 6.65. The van der Waals surface area contributed by atoms with Gasteiger partial charge >= 0.3 is 5.97 Å². The van der Waals surface area contributed by atoms with E-state index in [1.807, 2.05) is 13.0 Å². The Balaban J connectivity index is 2.07. The molecule has 5 nitrogen and oxygen atoms in total. The van der Waals surface area contributed by atoms with Crippen LogP contribution in [0.15, 0.2) is 18.2 Å². The fourth-order valence-electron chi connectivity index (χ4n) is 2.54. The lowest BCUT2D eigenvalue weighted by Crippen LogP contribution is -2.41. The molecule has 108 valence electrons. The van der Waals surface area contributed by atoms with E-state index in [2.05, 4.69) is 5.32 Å². The predicted molar refractivity (Wildman–Crippen MR) is 74.9 cm³/mol. The lowest BCUT2D eigenvalue weighted by molar-refractivity contribution is -0.157. The number of rotatable bonds is 5. The Morgan fingerprint density at radius 3 is 2.60 bits per heavy atom. The first-order chi connectivity index (χ1) is 9.48. The summed E-state index contributed by atoms with van der Waals surface area (Å²) in [5.41, 5.74) is 0.632. The van der Waals surface area contributed by atoms with Gasteiger partial charge in [0.2, 0.25) is 5.91 Å². The number of carboxylic acids is 1. The first-order valence-electron chi connectivity index (χ1n) is 6.65. The van der Waals surface area contributed by atoms with Crippen molar-refractivity contribution >= 4 is 17.6 Å². The van der Waals surface area contributed by atoms with Gasteiger partial charge in [0.1, 0.15) is 5.75 Å². The van der Waals surface area contributed by atoms with Crippen molar-refractivity contribution in [3.05, 3.63) is 23.8 Å². The second-order valence-corrected chi connectivity index (χ2v) is 5.30. The lowest BCUT2D eigenvalue weighted by atomic mass is 9.66. The minimum absolute atomic E-state index is 0.0268. The zero-order valence-corrected chi connectivity index (χ0v) is 11.7. The summed E-state index contributed by atoms with van der Waals surface area (Å²) in [6.07, 6.45) is 2.05. The maximum absolute atomic E-state index is 12.1. The van der Waals surface area contributed by atoms with E-state index in [0.29, 0.717) is 24.3 Å². The van der Waals surface area contributed by atoms with Crippen molar-refractivity contribution in [3.8, 4) is 5.75 Å². The van der Waals surface area contributed by atoms with Gasteiger partial charge in [-0.15, -0.1) is 0 Å². The number of ether oxygens (including phenoxy) is 1. The van der Waals surface area contributed by atoms with Crippen LogP contribution in [0.5, 0.6) is 5.75 Å². The molecule has 2 rings (SSSR count). The van der Waals surface area contributed by atoms with Crippen molar-refractivity contribution in [1.29, 1.82) is 0 Å². The average molecular weight is 277 g/mol. The predicted octanol–water partition coefficient (Wildman–Crippen LogP) is 2.59. The molecule has 0 atom stereocenters. The highest BCUT2D eigenvalue weighted by Crippen LogP contribution is 2.44. The van der Waals surface area contributed by atoms with E-state index in [-0.39, 0.29) is 12.3 Å². The molecule has 20 heavy (non-hydrogen) atoms. The molecule has 1 aromatic carbocycles. The number of benzene rings is 1. The summed E-state index contributed by atoms with van der Waals surface area (Å²) >= 11 is 0. The fraction of sp³-hybridized carbons (Fsp3) is 0.467. The van der Waals surface area contributed by atoms with E-state index in [1.54, 1.807) is 19.2 Å². The van der Waals surface area contributed by atoms with E-state index in [9.17, 15) is 14.7 Å². The van der Waals surface area contributed by atoms with Gasteiger partial charge in [-0.3, -0.25) is 9.59 Å². The first kappa shape index (κ1) is 14.4. The van der Waals surface area contributed by atoms with E-state index < -0.39 is 11.4 Å². The molecular formula is C15H19NO4. The molecule has 1 amide bonds. The van der Waals surface area contributed by atoms with E-state index in [4.69, 9.17) is 4.74 Å². The molecule has 0 aromatic heterocycles. The van der Waals surface area contributed by atoms with Crippen molar-refractivity contribution in [2.75, 3.05) is 12.4 Å². The Hall–Kier alpha value is -2.04. The zero-order chi connectivity index (χ0) is 14.8. The third-order valence-electron chi connectivity index (χ3n) is 4.04. The molecule has 2 N–H and O–H groups in total. The molecule has 0 saturated heterocycles. The Kier molecular flexibility index (Phi) is 3.97. The maximum Gasteiger partial charge on any atom is 0.310 e. The van der Waals surface area contributed by atoms with E-state index in [0.717, 1.165) is 12.0 Å². The normalized spacial score (nSPS) is 16.1. The number of nitrogens with one attached hydrogen (secondary N) is 1. The molecule has 0 unspecified atom stereocenters. The minimum atomic E-state index is -0.874. The quantitative estimate of drug-likeness (QED) is 0.867. The van der Waals surface area contributed by atoms with E-state index >= 15 is 0 Å². The summed E-state index contributed by atoms with van der Waals surface area (Å²) in [7, 11) is 1.57. The summed E-state index contributed by atoms with van der Waals surface area (Å²) in [5.74, 6) is -0.441. The highest BCUT2D eigenvalue weighted by atomic mass is 16.5. The van der Waals surface area contributed by atoms with E-state index in [1.165, 1.54) is 0 Å². The topological polar surface area (TPSA) is 75.6 Å². The summed E-state index contributed by atoms with van der Waals surface area (Å²) in [5, 5.41) is 12.0. The summed E-state index contributed by atoms with van der Waals surface area (Å²) in [4.78, 5) is 23.3. The van der Waals surface area contributed by atoms with Gasteiger partial charge in [0, 0.05) is 17.7 Å². The fourth-order valence-corrected chi connectivity index (χ4v) is 2.54. The van der Waals surface area contributed by atoms with Crippen molar-refractivity contribution in [3.63, 3.8) is 0 Å². The van der Waals surface area contributed by atoms with Crippen LogP contribution in [0.3, 0.4) is 0 Å². The number of aliphatic carboxylic acids is 1. The van der Waals surface area contributed by atoms with Crippen LogP contribution in [-0.2, 0) is 9.59 Å². The third kappa shape index (κ3) is 2.61. The molecule has 0 aliphatic heterocycles. The van der Waals surface area contributed by atoms with Crippen LogP contribution >= 0.6 is 0 Å². The highest BCUT2D eigenvalue weighted by Gasteiger charge is 2.45. The SMILES string of the molecule is COc1cccc(NC(=O)CC2(C(=O)O)CCC2)c1C. The smallest absolute Gasteiger partial charge is 0.310 e. The van der Waals surface area contributed by atoms with Crippen LogP contribution in [0.2, 0.25) is 0 Å². The molecule has 1 saturated carbocycles. The number of methoxy groups -OCH3 is 1. The molecule has 1 aliphatic carbocycles. The molecule has 5 heteroatoms. The number of carboxylic acid groups (broad SMARTS) is 1. The minimum Gasteiger partial charge on any atom is -0.496 e. The number of amides is 1. The van der Waals surface area contributed by atoms with Gasteiger partial charge in [-0.05, 0) is 31.9 Å². The standard InChI is InChI=1S/C15H19NO4/c1-10-11(5-3-6-12(10)20-2)16-13(17)9-15(14(18)19)7-4-8-15/h3,5-6H,4,7-9H2,1-2H3,(H,16,17)(H,18,19). The average Bonchev–Trinajstić information content (AvgIpc) is 2.36. The molecule has 0 heterocycles. The molecule has 0 bridgehead atoms. The summed E-state index contributed by atoms with van der Waals surface area (Å²) < 4.78 is 5.19. The van der Waals surface area contributed by atoms with Crippen LogP contribution < -0.4 is 10.1 Å². The monoisotopic (exact) mass is 277 g/mol. The van der Waals surface area contributed by atoms with Crippen molar-refractivity contribution in [1.82, 2.24) is 0 Å². The summed E-state index contributed by atoms with van der Waals surface area (Å²) in [6.45, 7) is 1.85. The second-order valence-electron chi connectivity index (χ2n) is 5.30. The third-order valence-corrected chi connectivity index (χ3v) is 4.04. The number of anilines is 1. The Morgan fingerprint density at radius 2 is 2.10 bits per heavy atom. The maximum atomic E-state index is 12.1. The van der Waals surface area contributed by atoms with Gasteiger partial charge in [-0.2, -0.15) is 0 Å². The summed E-state index contributed by atoms with van der Waals surface area (Å²) in [6, 6.07) is 5.39. The Bertz CT molecular complexity index is 535. The van der Waals surface area contributed by atoms with Gasteiger partial charge in [0.05, 0.1) is 12.5 Å². The van der Waals surface area contributed by atoms with Crippen LogP contribution in [0.25, 0.3) is 0 Å². The van der Waals surface area contributed by atoms with Gasteiger partial charge in [-0.1, -0.05) is 12.5 Å². The van der Waals surface area contributed by atoms with Gasteiger partial charge in [0.25, 0.3) is 0 Å². The largest absolute Gasteiger partial charge is 0.496 e. The highest BCUT2D eigenvalue weighted by molar-refractivity contribution is 5.95.